The van der Waals surface area contributed by atoms with Crippen molar-refractivity contribution in [1.82, 2.24) is 0 Å². The normalized spacial score (nSPS) is 14.1. The van der Waals surface area contributed by atoms with Gasteiger partial charge in [0.25, 0.3) is 11.7 Å². The molecule has 1 aromatic rings. The number of nitrogens with zero attached hydrogens (tertiary/aromatic N) is 1. The van der Waals surface area contributed by atoms with E-state index in [1.807, 2.05) is 0 Å². The molecule has 1 aromatic carbocycles. The lowest BCUT2D eigenvalue weighted by Gasteiger charge is -2.16. The number of rotatable bonds is 3. The van der Waals surface area contributed by atoms with Crippen molar-refractivity contribution in [3.05, 3.63) is 41.5 Å². The molecule has 0 saturated carbocycles. The van der Waals surface area contributed by atoms with Crippen LogP contribution in [0.4, 0.5) is 14.5 Å². The first kappa shape index (κ1) is 12.4. The molecule has 0 saturated heterocycles. The van der Waals surface area contributed by atoms with Crippen molar-refractivity contribution in [2.24, 2.45) is 0 Å². The van der Waals surface area contributed by atoms with E-state index in [4.69, 9.17) is 0 Å². The molecule has 0 radical (unpaired) electrons. The van der Waals surface area contributed by atoms with Gasteiger partial charge in [0, 0.05) is 12.6 Å². The number of carbonyl (C=O) groups excluding carboxylic acids is 2. The standard InChI is InChI=1S/C13H11F2NO2/c1-7(2)3-4-16-11-9(12(17)13(16)18)5-8(14)6-10(11)15/h5-6H,1,3-4H2,2H3. The minimum atomic E-state index is -0.897. The van der Waals surface area contributed by atoms with Gasteiger partial charge in [-0.2, -0.15) is 0 Å². The summed E-state index contributed by atoms with van der Waals surface area (Å²) >= 11 is 0. The van der Waals surface area contributed by atoms with Crippen LogP contribution in [0.15, 0.2) is 24.3 Å². The summed E-state index contributed by atoms with van der Waals surface area (Å²) in [6.45, 7) is 5.61. The molecule has 0 unspecified atom stereocenters. The van der Waals surface area contributed by atoms with Gasteiger partial charge in [0.15, 0.2) is 5.82 Å². The van der Waals surface area contributed by atoms with Gasteiger partial charge < -0.3 is 4.90 Å². The van der Waals surface area contributed by atoms with E-state index in [0.717, 1.165) is 16.5 Å². The topological polar surface area (TPSA) is 37.4 Å². The average molecular weight is 251 g/mol. The Morgan fingerprint density at radius 3 is 2.61 bits per heavy atom. The van der Waals surface area contributed by atoms with Crippen molar-refractivity contribution in [3.8, 4) is 0 Å². The zero-order chi connectivity index (χ0) is 13.4. The third kappa shape index (κ3) is 1.92. The van der Waals surface area contributed by atoms with Gasteiger partial charge in [0.2, 0.25) is 0 Å². The number of amides is 1. The van der Waals surface area contributed by atoms with Gasteiger partial charge in [-0.05, 0) is 19.4 Å². The lowest BCUT2D eigenvalue weighted by molar-refractivity contribution is -0.114. The van der Waals surface area contributed by atoms with Crippen molar-refractivity contribution in [3.63, 3.8) is 0 Å². The van der Waals surface area contributed by atoms with E-state index < -0.39 is 23.3 Å². The second kappa shape index (κ2) is 4.33. The molecule has 0 fully saturated rings. The van der Waals surface area contributed by atoms with Crippen LogP contribution in [0.3, 0.4) is 0 Å². The molecule has 0 aliphatic carbocycles. The van der Waals surface area contributed by atoms with Gasteiger partial charge in [0.1, 0.15) is 5.82 Å². The van der Waals surface area contributed by atoms with Gasteiger partial charge in [-0.15, -0.1) is 6.58 Å². The van der Waals surface area contributed by atoms with Crippen molar-refractivity contribution in [1.29, 1.82) is 0 Å². The van der Waals surface area contributed by atoms with Crippen LogP contribution >= 0.6 is 0 Å². The highest BCUT2D eigenvalue weighted by Crippen LogP contribution is 2.32. The van der Waals surface area contributed by atoms with Crippen LogP contribution in [0.1, 0.15) is 23.7 Å². The van der Waals surface area contributed by atoms with E-state index in [1.165, 1.54) is 0 Å². The summed E-state index contributed by atoms with van der Waals surface area (Å²) in [5, 5.41) is 0. The van der Waals surface area contributed by atoms with E-state index in [1.54, 1.807) is 6.92 Å². The molecule has 0 spiro atoms. The van der Waals surface area contributed by atoms with Crippen LogP contribution in [0.2, 0.25) is 0 Å². The summed E-state index contributed by atoms with van der Waals surface area (Å²) in [7, 11) is 0. The van der Waals surface area contributed by atoms with E-state index in [2.05, 4.69) is 6.58 Å². The number of fused-ring (bicyclic) bond motifs is 1. The SMILES string of the molecule is C=C(C)CCN1C(=O)C(=O)c2cc(F)cc(F)c21. The summed E-state index contributed by atoms with van der Waals surface area (Å²) in [6.07, 6.45) is 0.454. The first-order valence-electron chi connectivity index (χ1n) is 5.41. The Morgan fingerprint density at radius 1 is 1.33 bits per heavy atom. The molecule has 5 heteroatoms. The molecule has 3 nitrogen and oxygen atoms in total. The molecule has 1 amide bonds. The van der Waals surface area contributed by atoms with Crippen LogP contribution < -0.4 is 4.90 Å². The third-order valence-corrected chi connectivity index (χ3v) is 2.74. The van der Waals surface area contributed by atoms with Crippen molar-refractivity contribution in [2.45, 2.75) is 13.3 Å². The summed E-state index contributed by atoms with van der Waals surface area (Å²) in [5.74, 6) is -3.46. The number of ketones is 1. The molecule has 1 aliphatic rings. The summed E-state index contributed by atoms with van der Waals surface area (Å²) in [5.41, 5.74) is 0.470. The van der Waals surface area contributed by atoms with Gasteiger partial charge >= 0.3 is 0 Å². The molecule has 94 valence electrons. The predicted octanol–water partition coefficient (Wildman–Crippen LogP) is 2.46. The van der Waals surface area contributed by atoms with Gasteiger partial charge in [-0.3, -0.25) is 9.59 Å². The maximum Gasteiger partial charge on any atom is 0.299 e. The molecular weight excluding hydrogens is 240 g/mol. The zero-order valence-corrected chi connectivity index (χ0v) is 9.80. The Labute approximate surface area is 103 Å². The molecular formula is C13H11F2NO2. The van der Waals surface area contributed by atoms with Crippen LogP contribution in [-0.2, 0) is 4.79 Å². The van der Waals surface area contributed by atoms with Gasteiger partial charge in [-0.1, -0.05) is 5.57 Å². The van der Waals surface area contributed by atoms with E-state index in [0.29, 0.717) is 12.5 Å². The fraction of sp³-hybridized carbons (Fsp3) is 0.231. The number of hydrogen-bond acceptors (Lipinski definition) is 2. The van der Waals surface area contributed by atoms with Crippen molar-refractivity contribution < 1.29 is 18.4 Å². The fourth-order valence-electron chi connectivity index (χ4n) is 1.87. The minimum absolute atomic E-state index is 0.132. The Hall–Kier alpha value is -2.04. The van der Waals surface area contributed by atoms with Gasteiger partial charge in [0.05, 0.1) is 11.3 Å². The van der Waals surface area contributed by atoms with E-state index in [-0.39, 0.29) is 17.8 Å². The highest BCUT2D eigenvalue weighted by atomic mass is 19.1. The van der Waals surface area contributed by atoms with Crippen LogP contribution in [0.25, 0.3) is 0 Å². The zero-order valence-electron chi connectivity index (χ0n) is 9.80. The summed E-state index contributed by atoms with van der Waals surface area (Å²) in [6, 6.07) is 1.55. The first-order valence-corrected chi connectivity index (χ1v) is 5.41. The lowest BCUT2D eigenvalue weighted by atomic mass is 10.1. The maximum absolute atomic E-state index is 13.7. The molecule has 0 atom stereocenters. The number of carbonyl (C=O) groups is 2. The predicted molar refractivity (Wildman–Crippen MR) is 62.5 cm³/mol. The van der Waals surface area contributed by atoms with Crippen LogP contribution in [0.5, 0.6) is 0 Å². The lowest BCUT2D eigenvalue weighted by Crippen LogP contribution is -2.31. The number of halogens is 2. The molecule has 18 heavy (non-hydrogen) atoms. The second-order valence-electron chi connectivity index (χ2n) is 4.28. The van der Waals surface area contributed by atoms with Gasteiger partial charge in [-0.25, -0.2) is 8.78 Å². The minimum Gasteiger partial charge on any atom is -0.302 e. The number of hydrogen-bond donors (Lipinski definition) is 0. The Bertz CT molecular complexity index is 566. The fourth-order valence-corrected chi connectivity index (χ4v) is 1.87. The van der Waals surface area contributed by atoms with E-state index >= 15 is 0 Å². The number of anilines is 1. The monoisotopic (exact) mass is 251 g/mol. The molecule has 0 aromatic heterocycles. The van der Waals surface area contributed by atoms with Crippen molar-refractivity contribution in [2.75, 3.05) is 11.4 Å². The molecule has 2 rings (SSSR count). The second-order valence-corrected chi connectivity index (χ2v) is 4.28. The molecule has 1 heterocycles. The van der Waals surface area contributed by atoms with Crippen LogP contribution in [-0.4, -0.2) is 18.2 Å². The summed E-state index contributed by atoms with van der Waals surface area (Å²) in [4.78, 5) is 24.3. The summed E-state index contributed by atoms with van der Waals surface area (Å²) < 4.78 is 26.7. The number of benzene rings is 1. The Kier molecular flexibility index (Phi) is 2.98. The molecule has 0 N–H and O–H groups in total. The third-order valence-electron chi connectivity index (χ3n) is 2.74. The molecule has 0 bridgehead atoms. The first-order chi connectivity index (χ1) is 8.41. The Morgan fingerprint density at radius 2 is 2.00 bits per heavy atom. The Balaban J connectivity index is 2.45. The number of Topliss-reactive ketones (excluding diaryl/α,β-unsaturated/α-hetero) is 1. The van der Waals surface area contributed by atoms with Crippen LogP contribution in [0, 0.1) is 11.6 Å². The average Bonchev–Trinajstić information content (AvgIpc) is 2.51. The maximum atomic E-state index is 13.7. The smallest absolute Gasteiger partial charge is 0.299 e. The largest absolute Gasteiger partial charge is 0.302 e. The quantitative estimate of drug-likeness (QED) is 0.611. The highest BCUT2D eigenvalue weighted by molar-refractivity contribution is 6.52. The molecule has 1 aliphatic heterocycles. The van der Waals surface area contributed by atoms with Crippen molar-refractivity contribution >= 4 is 17.4 Å². The van der Waals surface area contributed by atoms with E-state index in [9.17, 15) is 18.4 Å². The highest BCUT2D eigenvalue weighted by Gasteiger charge is 2.38.